The van der Waals surface area contributed by atoms with E-state index in [0.717, 1.165) is 0 Å². The Hall–Kier alpha value is -6.08. The van der Waals surface area contributed by atoms with E-state index >= 15 is 0 Å². The highest BCUT2D eigenvalue weighted by molar-refractivity contribution is 5.95. The van der Waals surface area contributed by atoms with Crippen molar-refractivity contribution in [3.05, 3.63) is 71.8 Å². The molecule has 0 spiro atoms. The van der Waals surface area contributed by atoms with E-state index < -0.39 is 91.3 Å². The first-order chi connectivity index (χ1) is 26.6. The van der Waals surface area contributed by atoms with Gasteiger partial charge in [-0.1, -0.05) is 74.5 Å². The SMILES string of the molecule is CC(C)C[C@H](NC(=O)[C@@H](N)CO)C(=O)N[C@@H](CCCN=C(N)N)C(=O)NCC(=O)N[C@@H](Cc1ccccc1)C(=O)NCC(=O)N[C@@H](Cc1ccccc1)C(=O)O. The Kier molecular flexibility index (Phi) is 20.0. The molecule has 6 amide bonds. The predicted octanol–water partition coefficient (Wildman–Crippen LogP) is -2.85. The number of guanidine groups is 1. The second kappa shape index (κ2) is 24.4. The number of amides is 6. The molecule has 5 atom stereocenters. The van der Waals surface area contributed by atoms with Gasteiger partial charge in [-0.2, -0.15) is 0 Å². The zero-order valence-corrected chi connectivity index (χ0v) is 31.5. The van der Waals surface area contributed by atoms with Crippen LogP contribution in [0.3, 0.4) is 0 Å². The molecule has 2 aromatic rings. The van der Waals surface area contributed by atoms with Crippen LogP contribution >= 0.6 is 0 Å². The molecule has 2 aromatic carbocycles. The minimum absolute atomic E-state index is 0.00606. The average Bonchev–Trinajstić information content (AvgIpc) is 3.16. The predicted molar refractivity (Wildman–Crippen MR) is 206 cm³/mol. The molecular weight excluding hydrogens is 728 g/mol. The number of hydrogen-bond donors (Lipinski definition) is 11. The van der Waals surface area contributed by atoms with E-state index in [4.69, 9.17) is 17.2 Å². The number of benzene rings is 2. The van der Waals surface area contributed by atoms with Crippen molar-refractivity contribution < 1.29 is 43.8 Å². The fourth-order valence-electron chi connectivity index (χ4n) is 5.29. The van der Waals surface area contributed by atoms with Crippen LogP contribution in [0.2, 0.25) is 0 Å². The number of aliphatic imine (C=N–C) groups is 1. The van der Waals surface area contributed by atoms with Gasteiger partial charge in [0.2, 0.25) is 35.4 Å². The minimum atomic E-state index is -1.27. The van der Waals surface area contributed by atoms with Crippen molar-refractivity contribution in [1.82, 2.24) is 31.9 Å². The maximum atomic E-state index is 13.4. The smallest absolute Gasteiger partial charge is 0.326 e. The monoisotopic (exact) mass is 782 g/mol. The lowest BCUT2D eigenvalue weighted by Gasteiger charge is -2.25. The van der Waals surface area contributed by atoms with E-state index in [0.29, 0.717) is 11.1 Å². The fraction of sp³-hybridized carbons (Fsp3) is 0.459. The highest BCUT2D eigenvalue weighted by Gasteiger charge is 2.29. The fourth-order valence-corrected chi connectivity index (χ4v) is 5.29. The number of carboxylic acids is 1. The molecule has 19 nitrogen and oxygen atoms in total. The van der Waals surface area contributed by atoms with Gasteiger partial charge in [0.05, 0.1) is 19.7 Å². The van der Waals surface area contributed by atoms with Gasteiger partial charge in [0.25, 0.3) is 0 Å². The molecule has 56 heavy (non-hydrogen) atoms. The number of hydrogen-bond acceptors (Lipinski definition) is 10. The lowest BCUT2D eigenvalue weighted by molar-refractivity contribution is -0.141. The van der Waals surface area contributed by atoms with Gasteiger partial charge >= 0.3 is 5.97 Å². The van der Waals surface area contributed by atoms with Crippen LogP contribution in [0.15, 0.2) is 65.7 Å². The van der Waals surface area contributed by atoms with E-state index in [1.165, 1.54) is 0 Å². The number of nitrogens with one attached hydrogen (secondary N) is 6. The van der Waals surface area contributed by atoms with Crippen molar-refractivity contribution in [2.24, 2.45) is 28.1 Å². The Morgan fingerprint density at radius 3 is 1.62 bits per heavy atom. The Morgan fingerprint density at radius 1 is 0.661 bits per heavy atom. The van der Waals surface area contributed by atoms with Gasteiger partial charge in [0.15, 0.2) is 5.96 Å². The van der Waals surface area contributed by atoms with E-state index in [2.05, 4.69) is 36.9 Å². The number of aliphatic hydroxyl groups excluding tert-OH is 1. The number of carboxylic acid groups (broad SMARTS) is 1. The van der Waals surface area contributed by atoms with E-state index in [-0.39, 0.29) is 50.5 Å². The van der Waals surface area contributed by atoms with Crippen molar-refractivity contribution in [3.8, 4) is 0 Å². The molecule has 0 saturated heterocycles. The van der Waals surface area contributed by atoms with Gasteiger partial charge in [-0.05, 0) is 36.3 Å². The molecule has 306 valence electrons. The van der Waals surface area contributed by atoms with E-state index in [1.54, 1.807) is 60.7 Å². The number of nitrogens with two attached hydrogens (primary N) is 3. The molecule has 0 aliphatic carbocycles. The maximum Gasteiger partial charge on any atom is 0.326 e. The Morgan fingerprint density at radius 2 is 1.14 bits per heavy atom. The van der Waals surface area contributed by atoms with Gasteiger partial charge < -0.3 is 59.3 Å². The zero-order valence-electron chi connectivity index (χ0n) is 31.5. The number of aliphatic carboxylic acids is 1. The second-order valence-electron chi connectivity index (χ2n) is 13.4. The molecule has 0 aromatic heterocycles. The van der Waals surface area contributed by atoms with Crippen molar-refractivity contribution in [3.63, 3.8) is 0 Å². The van der Waals surface area contributed by atoms with Gasteiger partial charge in [0.1, 0.15) is 30.2 Å². The van der Waals surface area contributed by atoms with Gasteiger partial charge in [-0.25, -0.2) is 4.79 Å². The molecule has 19 heteroatoms. The van der Waals surface area contributed by atoms with Crippen molar-refractivity contribution >= 4 is 47.4 Å². The standard InChI is InChI=1S/C37H54N10O9/c1-22(2)16-27(47-32(51)25(38)21-48)35(54)46-26(14-9-15-41-37(39)40)33(52)42-19-30(49)44-28(17-23-10-5-3-6-11-23)34(53)43-20-31(50)45-29(36(55)56)18-24-12-7-4-8-13-24/h3-8,10-13,22,25-29,48H,9,14-21,38H2,1-2H3,(H,42,52)(H,43,53)(H,44,49)(H,45,50)(H,46,54)(H,47,51)(H,55,56)(H4,39,40,41)/t25-,26-,27-,28-,29-/m0/s1. The Labute approximate surface area is 325 Å². The molecule has 0 saturated carbocycles. The summed E-state index contributed by atoms with van der Waals surface area (Å²) in [5.41, 5.74) is 17.7. The normalized spacial score (nSPS) is 13.4. The van der Waals surface area contributed by atoms with Crippen LogP contribution in [0.5, 0.6) is 0 Å². The summed E-state index contributed by atoms with van der Waals surface area (Å²) in [4.78, 5) is 93.9. The van der Waals surface area contributed by atoms with Crippen LogP contribution in [0.25, 0.3) is 0 Å². The van der Waals surface area contributed by atoms with Gasteiger partial charge in [-0.3, -0.25) is 33.8 Å². The summed E-state index contributed by atoms with van der Waals surface area (Å²) in [6.07, 6.45) is 0.478. The lowest BCUT2D eigenvalue weighted by Crippen LogP contribution is -2.57. The lowest BCUT2D eigenvalue weighted by atomic mass is 10.0. The third kappa shape index (κ3) is 17.8. The molecule has 0 aliphatic heterocycles. The second-order valence-corrected chi connectivity index (χ2v) is 13.4. The van der Waals surface area contributed by atoms with Gasteiger partial charge in [0, 0.05) is 19.4 Å². The molecule has 2 rings (SSSR count). The quantitative estimate of drug-likeness (QED) is 0.0291. The number of carbonyl (C=O) groups excluding carboxylic acids is 6. The van der Waals surface area contributed by atoms with Crippen molar-refractivity contribution in [2.75, 3.05) is 26.2 Å². The maximum absolute atomic E-state index is 13.4. The van der Waals surface area contributed by atoms with Crippen LogP contribution in [0, 0.1) is 5.92 Å². The van der Waals surface area contributed by atoms with Crippen LogP contribution in [-0.4, -0.2) is 114 Å². The first-order valence-corrected chi connectivity index (χ1v) is 18.1. The summed E-state index contributed by atoms with van der Waals surface area (Å²) < 4.78 is 0. The molecule has 0 fully saturated rings. The number of carbonyl (C=O) groups is 7. The third-order valence-corrected chi connectivity index (χ3v) is 8.15. The van der Waals surface area contributed by atoms with Crippen LogP contribution in [0.4, 0.5) is 0 Å². The summed E-state index contributed by atoms with van der Waals surface area (Å²) in [5, 5.41) is 33.8. The highest BCUT2D eigenvalue weighted by atomic mass is 16.4. The number of rotatable bonds is 24. The largest absolute Gasteiger partial charge is 0.480 e. The average molecular weight is 783 g/mol. The number of nitrogens with zero attached hydrogens (tertiary/aromatic N) is 1. The van der Waals surface area contributed by atoms with Crippen LogP contribution in [0.1, 0.15) is 44.2 Å². The molecule has 14 N–H and O–H groups in total. The van der Waals surface area contributed by atoms with E-state index in [1.807, 2.05) is 13.8 Å². The van der Waals surface area contributed by atoms with Crippen LogP contribution < -0.4 is 49.1 Å². The van der Waals surface area contributed by atoms with Gasteiger partial charge in [-0.15, -0.1) is 0 Å². The summed E-state index contributed by atoms with van der Waals surface area (Å²) >= 11 is 0. The topological polar surface area (TPSA) is 323 Å². The van der Waals surface area contributed by atoms with Crippen molar-refractivity contribution in [2.45, 2.75) is 76.2 Å². The first kappa shape index (κ1) is 46.1. The van der Waals surface area contributed by atoms with Crippen molar-refractivity contribution in [1.29, 1.82) is 0 Å². The Balaban J connectivity index is 2.12. The molecular formula is C37H54N10O9. The molecule has 0 heterocycles. The molecule has 0 aliphatic rings. The highest BCUT2D eigenvalue weighted by Crippen LogP contribution is 2.08. The molecule has 0 unspecified atom stereocenters. The van der Waals surface area contributed by atoms with E-state index in [9.17, 15) is 43.8 Å². The summed E-state index contributed by atoms with van der Waals surface area (Å²) in [7, 11) is 0. The molecule has 0 bridgehead atoms. The number of aliphatic hydroxyl groups is 1. The minimum Gasteiger partial charge on any atom is -0.480 e. The Bertz CT molecular complexity index is 1640. The first-order valence-electron chi connectivity index (χ1n) is 18.1. The molecule has 0 radical (unpaired) electrons. The summed E-state index contributed by atoms with van der Waals surface area (Å²) in [5.74, 6) is -6.01. The summed E-state index contributed by atoms with van der Waals surface area (Å²) in [6, 6.07) is 11.3. The third-order valence-electron chi connectivity index (χ3n) is 8.15. The van der Waals surface area contributed by atoms with Crippen LogP contribution in [-0.2, 0) is 46.4 Å². The zero-order chi connectivity index (χ0) is 41.6. The summed E-state index contributed by atoms with van der Waals surface area (Å²) in [6.45, 7) is 1.91.